The van der Waals surface area contributed by atoms with Gasteiger partial charge >= 0.3 is 0 Å². The van der Waals surface area contributed by atoms with Gasteiger partial charge in [-0.05, 0) is 49.7 Å². The number of aryl methyl sites for hydroxylation is 1. The summed E-state index contributed by atoms with van der Waals surface area (Å²) in [4.78, 5) is 11.9. The summed E-state index contributed by atoms with van der Waals surface area (Å²) in [5.74, 6) is 0.705. The maximum absolute atomic E-state index is 11.9. The Bertz CT molecular complexity index is 446. The summed E-state index contributed by atoms with van der Waals surface area (Å²) in [5.41, 5.74) is 1.24. The van der Waals surface area contributed by atoms with Gasteiger partial charge < -0.3 is 10.4 Å². The Balaban J connectivity index is 1.70. The molecule has 1 saturated carbocycles. The van der Waals surface area contributed by atoms with Gasteiger partial charge in [0.1, 0.15) is 0 Å². The number of halogens is 1. The lowest BCUT2D eigenvalue weighted by Gasteiger charge is -2.17. The predicted molar refractivity (Wildman–Crippen MR) is 83.4 cm³/mol. The number of hydrogen-bond donors (Lipinski definition) is 2. The standard InChI is InChI=1S/C16H22BrNO2/c17-14-6-2-1-4-12(14)5-3-7-16(20)18-15(10-11-19)13-8-9-13/h1-2,4,6,13,15,19H,3,5,7-11H2,(H,18,20). The van der Waals surface area contributed by atoms with Crippen molar-refractivity contribution in [3.05, 3.63) is 34.3 Å². The summed E-state index contributed by atoms with van der Waals surface area (Å²) in [6.07, 6.45) is 5.36. The molecule has 1 aromatic rings. The second-order valence-electron chi connectivity index (χ2n) is 5.47. The monoisotopic (exact) mass is 339 g/mol. The molecule has 2 N–H and O–H groups in total. The van der Waals surface area contributed by atoms with E-state index in [1.54, 1.807) is 0 Å². The highest BCUT2D eigenvalue weighted by Crippen LogP contribution is 2.33. The van der Waals surface area contributed by atoms with Crippen LogP contribution in [0.2, 0.25) is 0 Å². The second-order valence-corrected chi connectivity index (χ2v) is 6.32. The van der Waals surface area contributed by atoms with Gasteiger partial charge in [0.25, 0.3) is 0 Å². The Labute approximate surface area is 128 Å². The number of carbonyl (C=O) groups is 1. The quantitative estimate of drug-likeness (QED) is 0.764. The van der Waals surface area contributed by atoms with Gasteiger partial charge in [0.05, 0.1) is 0 Å². The van der Waals surface area contributed by atoms with E-state index in [0.717, 1.165) is 17.3 Å². The third-order valence-corrected chi connectivity index (χ3v) is 4.56. The molecule has 1 amide bonds. The highest BCUT2D eigenvalue weighted by molar-refractivity contribution is 9.10. The van der Waals surface area contributed by atoms with Crippen molar-refractivity contribution in [3.63, 3.8) is 0 Å². The molecule has 1 atom stereocenters. The van der Waals surface area contributed by atoms with Crippen molar-refractivity contribution in [2.45, 2.75) is 44.6 Å². The van der Waals surface area contributed by atoms with Gasteiger partial charge in [0, 0.05) is 23.5 Å². The van der Waals surface area contributed by atoms with Crippen molar-refractivity contribution >= 4 is 21.8 Å². The number of aliphatic hydroxyl groups excluding tert-OH is 1. The molecule has 20 heavy (non-hydrogen) atoms. The summed E-state index contributed by atoms with van der Waals surface area (Å²) < 4.78 is 1.11. The van der Waals surface area contributed by atoms with Crippen LogP contribution in [-0.4, -0.2) is 23.7 Å². The van der Waals surface area contributed by atoms with Crippen LogP contribution in [0.15, 0.2) is 28.7 Å². The van der Waals surface area contributed by atoms with E-state index in [2.05, 4.69) is 27.3 Å². The van der Waals surface area contributed by atoms with E-state index in [-0.39, 0.29) is 18.6 Å². The molecule has 1 unspecified atom stereocenters. The van der Waals surface area contributed by atoms with Crippen LogP contribution in [0.25, 0.3) is 0 Å². The van der Waals surface area contributed by atoms with Gasteiger partial charge in [-0.3, -0.25) is 4.79 Å². The molecule has 0 aromatic heterocycles. The van der Waals surface area contributed by atoms with Crippen molar-refractivity contribution in [3.8, 4) is 0 Å². The first-order valence-corrected chi connectivity index (χ1v) is 8.13. The van der Waals surface area contributed by atoms with E-state index in [1.165, 1.54) is 18.4 Å². The SMILES string of the molecule is O=C(CCCc1ccccc1Br)NC(CCO)C1CC1. The van der Waals surface area contributed by atoms with E-state index in [0.29, 0.717) is 18.8 Å². The molecular weight excluding hydrogens is 318 g/mol. The summed E-state index contributed by atoms with van der Waals surface area (Å²) >= 11 is 3.52. The molecule has 4 heteroatoms. The average molecular weight is 340 g/mol. The molecule has 0 saturated heterocycles. The molecule has 110 valence electrons. The predicted octanol–water partition coefficient (Wildman–Crippen LogP) is 3.05. The molecule has 0 aliphatic heterocycles. The first-order chi connectivity index (χ1) is 9.70. The topological polar surface area (TPSA) is 49.3 Å². The van der Waals surface area contributed by atoms with Crippen LogP contribution in [-0.2, 0) is 11.2 Å². The van der Waals surface area contributed by atoms with Gasteiger partial charge in [0.15, 0.2) is 0 Å². The fourth-order valence-corrected chi connectivity index (χ4v) is 2.97. The van der Waals surface area contributed by atoms with Gasteiger partial charge in [-0.15, -0.1) is 0 Å². The summed E-state index contributed by atoms with van der Waals surface area (Å²) in [5, 5.41) is 12.1. The molecule has 1 aliphatic carbocycles. The van der Waals surface area contributed by atoms with Crippen molar-refractivity contribution < 1.29 is 9.90 Å². The number of hydrogen-bond acceptors (Lipinski definition) is 2. The van der Waals surface area contributed by atoms with Crippen molar-refractivity contribution in [2.75, 3.05) is 6.61 Å². The van der Waals surface area contributed by atoms with E-state index < -0.39 is 0 Å². The Kier molecular flexibility index (Phi) is 6.05. The first kappa shape index (κ1) is 15.5. The lowest BCUT2D eigenvalue weighted by molar-refractivity contribution is -0.122. The largest absolute Gasteiger partial charge is 0.396 e. The first-order valence-electron chi connectivity index (χ1n) is 7.34. The van der Waals surface area contributed by atoms with Crippen LogP contribution < -0.4 is 5.32 Å². The van der Waals surface area contributed by atoms with E-state index >= 15 is 0 Å². The lowest BCUT2D eigenvalue weighted by atomic mass is 10.1. The molecule has 3 nitrogen and oxygen atoms in total. The zero-order chi connectivity index (χ0) is 14.4. The van der Waals surface area contributed by atoms with Gasteiger partial charge in [-0.2, -0.15) is 0 Å². The Morgan fingerprint density at radius 2 is 2.15 bits per heavy atom. The molecule has 1 fully saturated rings. The van der Waals surface area contributed by atoms with Gasteiger partial charge in [-0.1, -0.05) is 34.1 Å². The average Bonchev–Trinajstić information content (AvgIpc) is 3.25. The van der Waals surface area contributed by atoms with E-state index in [4.69, 9.17) is 5.11 Å². The molecular formula is C16H22BrNO2. The molecule has 0 spiro atoms. The zero-order valence-electron chi connectivity index (χ0n) is 11.6. The van der Waals surface area contributed by atoms with Crippen LogP contribution >= 0.6 is 15.9 Å². The highest BCUT2D eigenvalue weighted by Gasteiger charge is 2.31. The van der Waals surface area contributed by atoms with Crippen LogP contribution in [0.1, 0.15) is 37.7 Å². The fraction of sp³-hybridized carbons (Fsp3) is 0.562. The molecule has 1 aliphatic rings. The number of aliphatic hydroxyl groups is 1. The number of nitrogens with one attached hydrogen (secondary N) is 1. The Hall–Kier alpha value is -0.870. The number of carbonyl (C=O) groups excluding carboxylic acids is 1. The third kappa shape index (κ3) is 4.91. The molecule has 2 rings (SSSR count). The fourth-order valence-electron chi connectivity index (χ4n) is 2.48. The minimum atomic E-state index is 0.113. The summed E-state index contributed by atoms with van der Waals surface area (Å²) in [7, 11) is 0. The van der Waals surface area contributed by atoms with Gasteiger partial charge in [-0.25, -0.2) is 0 Å². The number of benzene rings is 1. The van der Waals surface area contributed by atoms with Crippen LogP contribution in [0.3, 0.4) is 0 Å². The number of rotatable bonds is 8. The van der Waals surface area contributed by atoms with Crippen LogP contribution in [0.4, 0.5) is 0 Å². The van der Waals surface area contributed by atoms with E-state index in [9.17, 15) is 4.79 Å². The Morgan fingerprint density at radius 1 is 1.40 bits per heavy atom. The molecule has 1 aromatic carbocycles. The van der Waals surface area contributed by atoms with Crippen LogP contribution in [0.5, 0.6) is 0 Å². The number of amides is 1. The lowest BCUT2D eigenvalue weighted by Crippen LogP contribution is -2.37. The van der Waals surface area contributed by atoms with Crippen LogP contribution in [0, 0.1) is 5.92 Å². The smallest absolute Gasteiger partial charge is 0.220 e. The van der Waals surface area contributed by atoms with Crippen molar-refractivity contribution in [2.24, 2.45) is 5.92 Å². The second kappa shape index (κ2) is 7.79. The normalized spacial score (nSPS) is 15.9. The molecule has 0 radical (unpaired) electrons. The molecule has 0 bridgehead atoms. The summed E-state index contributed by atoms with van der Waals surface area (Å²) in [6, 6.07) is 8.30. The Morgan fingerprint density at radius 3 is 2.80 bits per heavy atom. The zero-order valence-corrected chi connectivity index (χ0v) is 13.2. The third-order valence-electron chi connectivity index (χ3n) is 3.79. The van der Waals surface area contributed by atoms with Crippen molar-refractivity contribution in [1.82, 2.24) is 5.32 Å². The minimum Gasteiger partial charge on any atom is -0.396 e. The van der Waals surface area contributed by atoms with Crippen molar-refractivity contribution in [1.29, 1.82) is 0 Å². The molecule has 0 heterocycles. The van der Waals surface area contributed by atoms with Gasteiger partial charge in [0.2, 0.25) is 5.91 Å². The highest BCUT2D eigenvalue weighted by atomic mass is 79.9. The minimum absolute atomic E-state index is 0.113. The maximum atomic E-state index is 11.9. The maximum Gasteiger partial charge on any atom is 0.220 e. The van der Waals surface area contributed by atoms with E-state index in [1.807, 2.05) is 18.2 Å². The summed E-state index contributed by atoms with van der Waals surface area (Å²) in [6.45, 7) is 0.151.